The molecule has 0 aliphatic carbocycles. The number of nitrogens with zero attached hydrogens (tertiary/aromatic N) is 1. The number of anilines is 1. The van der Waals surface area contributed by atoms with E-state index in [9.17, 15) is 18.3 Å². The zero-order chi connectivity index (χ0) is 19.8. The van der Waals surface area contributed by atoms with Crippen molar-refractivity contribution in [2.45, 2.75) is 32.1 Å². The number of hydrogen-bond acceptors (Lipinski definition) is 6. The van der Waals surface area contributed by atoms with Crippen molar-refractivity contribution >= 4 is 32.4 Å². The summed E-state index contributed by atoms with van der Waals surface area (Å²) in [6.45, 7) is 5.45. The average Bonchev–Trinajstić information content (AvgIpc) is 2.98. The van der Waals surface area contributed by atoms with E-state index < -0.39 is 15.7 Å². The van der Waals surface area contributed by atoms with Crippen molar-refractivity contribution in [1.82, 2.24) is 5.16 Å². The van der Waals surface area contributed by atoms with E-state index in [2.05, 4.69) is 10.5 Å². The maximum atomic E-state index is 12.4. The number of aromatic nitrogens is 1. The zero-order valence-electron chi connectivity index (χ0n) is 15.2. The summed E-state index contributed by atoms with van der Waals surface area (Å²) in [5.74, 6) is -0.728. The summed E-state index contributed by atoms with van der Waals surface area (Å²) in [5, 5.41) is 17.2. The van der Waals surface area contributed by atoms with E-state index in [1.54, 1.807) is 0 Å². The van der Waals surface area contributed by atoms with Gasteiger partial charge in [0.15, 0.2) is 15.4 Å². The molecule has 2 N–H and O–H groups in total. The molecular formula is C19H20N2O5S. The van der Waals surface area contributed by atoms with E-state index in [4.69, 9.17) is 4.52 Å². The summed E-state index contributed by atoms with van der Waals surface area (Å²) in [6.07, 6.45) is -0.0697. The number of sulfone groups is 1. The zero-order valence-corrected chi connectivity index (χ0v) is 16.1. The van der Waals surface area contributed by atoms with Gasteiger partial charge in [0.1, 0.15) is 11.4 Å². The average molecular weight is 388 g/mol. The Balaban J connectivity index is 1.85. The van der Waals surface area contributed by atoms with Gasteiger partial charge in [0.25, 0.3) is 0 Å². The highest BCUT2D eigenvalue weighted by atomic mass is 32.2. The summed E-state index contributed by atoms with van der Waals surface area (Å²) in [6, 6.07) is 7.58. The molecule has 0 spiro atoms. The number of benzene rings is 2. The van der Waals surface area contributed by atoms with Gasteiger partial charge in [-0.2, -0.15) is 0 Å². The Hall–Kier alpha value is -2.87. The van der Waals surface area contributed by atoms with Gasteiger partial charge in [-0.15, -0.1) is 0 Å². The van der Waals surface area contributed by atoms with Crippen LogP contribution in [-0.2, 0) is 21.1 Å². The fourth-order valence-electron chi connectivity index (χ4n) is 2.69. The van der Waals surface area contributed by atoms with Gasteiger partial charge in [-0.25, -0.2) is 8.42 Å². The molecule has 142 valence electrons. The van der Waals surface area contributed by atoms with Crippen LogP contribution in [0.5, 0.6) is 5.75 Å². The topological polar surface area (TPSA) is 110 Å². The lowest BCUT2D eigenvalue weighted by Gasteiger charge is -2.09. The lowest BCUT2D eigenvalue weighted by Crippen LogP contribution is -2.15. The van der Waals surface area contributed by atoms with Crippen molar-refractivity contribution < 1.29 is 22.8 Å². The number of fused-ring (bicyclic) bond motifs is 1. The standard InChI is InChI=1S/C19H20N2O5S/c1-4-27(24,25)13-5-6-17(22)16(9-13)20-19(23)10-15-14-7-11(2)12(3)8-18(14)26-21-15/h5-9,22H,4,10H2,1-3H3,(H,20,23). The van der Waals surface area contributed by atoms with Gasteiger partial charge in [0, 0.05) is 5.39 Å². The van der Waals surface area contributed by atoms with E-state index in [0.717, 1.165) is 16.5 Å². The molecule has 2 aromatic carbocycles. The van der Waals surface area contributed by atoms with Crippen LogP contribution in [0, 0.1) is 13.8 Å². The van der Waals surface area contributed by atoms with Gasteiger partial charge < -0.3 is 14.9 Å². The number of aromatic hydroxyl groups is 1. The second kappa shape index (κ2) is 7.03. The molecule has 3 aromatic rings. The molecule has 0 aliphatic heterocycles. The number of amides is 1. The SMILES string of the molecule is CCS(=O)(=O)c1ccc(O)c(NC(=O)Cc2noc3cc(C)c(C)cc23)c1. The lowest BCUT2D eigenvalue weighted by molar-refractivity contribution is -0.115. The molecule has 0 atom stereocenters. The molecule has 1 heterocycles. The summed E-state index contributed by atoms with van der Waals surface area (Å²) < 4.78 is 29.3. The highest BCUT2D eigenvalue weighted by molar-refractivity contribution is 7.91. The maximum absolute atomic E-state index is 12.4. The molecule has 0 unspecified atom stereocenters. The first-order valence-corrected chi connectivity index (χ1v) is 10.1. The predicted octanol–water partition coefficient (Wildman–Crippen LogP) is 3.13. The summed E-state index contributed by atoms with van der Waals surface area (Å²) >= 11 is 0. The molecule has 0 fully saturated rings. The van der Waals surface area contributed by atoms with Gasteiger partial charge in [-0.05, 0) is 55.3 Å². The molecule has 27 heavy (non-hydrogen) atoms. The number of carbonyl (C=O) groups is 1. The maximum Gasteiger partial charge on any atom is 0.230 e. The second-order valence-corrected chi connectivity index (χ2v) is 8.65. The Bertz CT molecular complexity index is 1130. The number of rotatable bonds is 5. The number of hydrogen-bond donors (Lipinski definition) is 2. The molecule has 1 amide bonds. The Labute approximate surface area is 156 Å². The number of phenols is 1. The van der Waals surface area contributed by atoms with Crippen LogP contribution in [0.2, 0.25) is 0 Å². The minimum atomic E-state index is -3.45. The summed E-state index contributed by atoms with van der Waals surface area (Å²) in [4.78, 5) is 12.4. The molecule has 0 aliphatic rings. The van der Waals surface area contributed by atoms with Crippen LogP contribution in [0.25, 0.3) is 11.0 Å². The molecule has 0 saturated carbocycles. The number of aryl methyl sites for hydroxylation is 2. The van der Waals surface area contributed by atoms with Crippen molar-refractivity contribution in [3.63, 3.8) is 0 Å². The van der Waals surface area contributed by atoms with Gasteiger partial charge in [-0.3, -0.25) is 4.79 Å². The third-order valence-electron chi connectivity index (χ3n) is 4.47. The fraction of sp³-hybridized carbons (Fsp3) is 0.263. The van der Waals surface area contributed by atoms with Gasteiger partial charge in [0.2, 0.25) is 5.91 Å². The first-order chi connectivity index (χ1) is 12.7. The molecular weight excluding hydrogens is 368 g/mol. The first kappa shape index (κ1) is 18.9. The van der Waals surface area contributed by atoms with Crippen molar-refractivity contribution in [1.29, 1.82) is 0 Å². The Kier molecular flexibility index (Phi) is 4.93. The molecule has 0 radical (unpaired) electrons. The van der Waals surface area contributed by atoms with E-state index in [1.807, 2.05) is 26.0 Å². The highest BCUT2D eigenvalue weighted by Crippen LogP contribution is 2.28. The highest BCUT2D eigenvalue weighted by Gasteiger charge is 2.17. The van der Waals surface area contributed by atoms with Crippen LogP contribution < -0.4 is 5.32 Å². The molecule has 3 rings (SSSR count). The van der Waals surface area contributed by atoms with Gasteiger partial charge in [-0.1, -0.05) is 12.1 Å². The summed E-state index contributed by atoms with van der Waals surface area (Å²) in [7, 11) is -3.45. The van der Waals surface area contributed by atoms with Crippen molar-refractivity contribution in [2.24, 2.45) is 0 Å². The minimum absolute atomic E-state index is 0.0364. The molecule has 7 nitrogen and oxygen atoms in total. The Morgan fingerprint density at radius 2 is 1.89 bits per heavy atom. The predicted molar refractivity (Wildman–Crippen MR) is 102 cm³/mol. The van der Waals surface area contributed by atoms with Crippen molar-refractivity contribution in [3.8, 4) is 5.75 Å². The number of carbonyl (C=O) groups excluding carboxylic acids is 1. The van der Waals surface area contributed by atoms with Gasteiger partial charge >= 0.3 is 0 Å². The monoisotopic (exact) mass is 388 g/mol. The molecule has 0 bridgehead atoms. The molecule has 1 aromatic heterocycles. The largest absolute Gasteiger partial charge is 0.506 e. The summed E-state index contributed by atoms with van der Waals surface area (Å²) in [5.41, 5.74) is 3.23. The van der Waals surface area contributed by atoms with E-state index in [1.165, 1.54) is 25.1 Å². The van der Waals surface area contributed by atoms with Crippen LogP contribution in [0.1, 0.15) is 23.7 Å². The van der Waals surface area contributed by atoms with Crippen LogP contribution in [-0.4, -0.2) is 30.3 Å². The quantitative estimate of drug-likeness (QED) is 0.650. The van der Waals surface area contributed by atoms with Crippen molar-refractivity contribution in [3.05, 3.63) is 47.2 Å². The van der Waals surface area contributed by atoms with Gasteiger partial charge in [0.05, 0.1) is 22.8 Å². The normalized spacial score (nSPS) is 11.7. The van der Waals surface area contributed by atoms with Crippen LogP contribution in [0.15, 0.2) is 39.8 Å². The second-order valence-electron chi connectivity index (χ2n) is 6.37. The Morgan fingerprint density at radius 3 is 2.59 bits per heavy atom. The van der Waals surface area contributed by atoms with Crippen LogP contribution in [0.3, 0.4) is 0 Å². The third kappa shape index (κ3) is 3.80. The smallest absolute Gasteiger partial charge is 0.230 e. The van der Waals surface area contributed by atoms with E-state index >= 15 is 0 Å². The molecule has 0 saturated heterocycles. The number of phenolic OH excluding ortho intramolecular Hbond substituents is 1. The van der Waals surface area contributed by atoms with Crippen LogP contribution in [0.4, 0.5) is 5.69 Å². The van der Waals surface area contributed by atoms with Crippen LogP contribution >= 0.6 is 0 Å². The fourth-order valence-corrected chi connectivity index (χ4v) is 3.60. The number of nitrogens with one attached hydrogen (secondary N) is 1. The lowest BCUT2D eigenvalue weighted by atomic mass is 10.1. The first-order valence-electron chi connectivity index (χ1n) is 8.42. The molecule has 8 heteroatoms. The van der Waals surface area contributed by atoms with E-state index in [-0.39, 0.29) is 28.5 Å². The van der Waals surface area contributed by atoms with Crippen molar-refractivity contribution in [2.75, 3.05) is 11.1 Å². The minimum Gasteiger partial charge on any atom is -0.506 e. The van der Waals surface area contributed by atoms with E-state index in [0.29, 0.717) is 11.3 Å². The third-order valence-corrected chi connectivity index (χ3v) is 6.20. The Morgan fingerprint density at radius 1 is 1.19 bits per heavy atom.